The fraction of sp³-hybridized carbons (Fsp3) is 0.143. The van der Waals surface area contributed by atoms with E-state index in [0.29, 0.717) is 16.5 Å². The van der Waals surface area contributed by atoms with Crippen molar-refractivity contribution in [2.45, 2.75) is 19.4 Å². The largest absolute Gasteiger partial charge is 0.361 e. The van der Waals surface area contributed by atoms with Crippen LogP contribution in [-0.2, 0) is 0 Å². The normalized spacial score (nSPS) is 12.5. The average Bonchev–Trinajstić information content (AvgIpc) is 3.42. The van der Waals surface area contributed by atoms with Crippen molar-refractivity contribution in [3.63, 3.8) is 0 Å². The van der Waals surface area contributed by atoms with E-state index in [0.717, 1.165) is 34.3 Å². The predicted molar refractivity (Wildman–Crippen MR) is 114 cm³/mol. The molecule has 4 heterocycles. The van der Waals surface area contributed by atoms with Gasteiger partial charge in [-0.3, -0.25) is 4.40 Å². The van der Waals surface area contributed by atoms with Crippen LogP contribution in [0.15, 0.2) is 55.5 Å². The summed E-state index contributed by atoms with van der Waals surface area (Å²) in [6, 6.07) is 8.25. The zero-order chi connectivity index (χ0) is 20.7. The van der Waals surface area contributed by atoms with Gasteiger partial charge < -0.3 is 10.3 Å². The molecular formula is C21H17ClFN7. The van der Waals surface area contributed by atoms with Gasteiger partial charge >= 0.3 is 0 Å². The Morgan fingerprint density at radius 3 is 2.97 bits per heavy atom. The summed E-state index contributed by atoms with van der Waals surface area (Å²) in [7, 11) is 0. The Labute approximate surface area is 176 Å². The van der Waals surface area contributed by atoms with Crippen LogP contribution in [0.1, 0.15) is 24.9 Å². The summed E-state index contributed by atoms with van der Waals surface area (Å²) in [5.41, 5.74) is 4.52. The van der Waals surface area contributed by atoms with E-state index in [-0.39, 0.29) is 11.9 Å². The second kappa shape index (κ2) is 7.38. The number of halogens is 2. The zero-order valence-electron chi connectivity index (χ0n) is 16.0. The standard InChI is InChI=1S/C21H17ClFN7/c1-2-16(29-21-18-20(26-9-25-18)27-10-28-21)14-7-15(22)17-8-24-11-30(17)19(14)12-4-3-5-13(23)6-12/h3-11,16H,2H2,1H3,(H2,25,26,27,28,29). The summed E-state index contributed by atoms with van der Waals surface area (Å²) in [6.45, 7) is 2.06. The molecule has 30 heavy (non-hydrogen) atoms. The molecule has 1 aromatic carbocycles. The van der Waals surface area contributed by atoms with Gasteiger partial charge in [-0.1, -0.05) is 30.7 Å². The van der Waals surface area contributed by atoms with Crippen molar-refractivity contribution in [2.75, 3.05) is 5.32 Å². The van der Waals surface area contributed by atoms with Gasteiger partial charge in [0, 0.05) is 11.1 Å². The van der Waals surface area contributed by atoms with Gasteiger partial charge in [0.1, 0.15) is 17.7 Å². The first-order chi connectivity index (χ1) is 14.7. The number of hydrogen-bond acceptors (Lipinski definition) is 5. The van der Waals surface area contributed by atoms with Gasteiger partial charge in [0.15, 0.2) is 11.5 Å². The number of benzene rings is 1. The number of imidazole rings is 2. The highest BCUT2D eigenvalue weighted by Crippen LogP contribution is 2.36. The van der Waals surface area contributed by atoms with Crippen LogP contribution in [0, 0.1) is 5.82 Å². The number of nitrogens with one attached hydrogen (secondary N) is 2. The van der Waals surface area contributed by atoms with Crippen molar-refractivity contribution in [3.8, 4) is 11.3 Å². The van der Waals surface area contributed by atoms with Crippen LogP contribution in [0.5, 0.6) is 0 Å². The number of nitrogens with zero attached hydrogens (tertiary/aromatic N) is 5. The molecule has 2 N–H and O–H groups in total. The second-order valence-electron chi connectivity index (χ2n) is 6.88. The number of H-pyrrole nitrogens is 1. The first-order valence-electron chi connectivity index (χ1n) is 9.46. The van der Waals surface area contributed by atoms with E-state index < -0.39 is 0 Å². The summed E-state index contributed by atoms with van der Waals surface area (Å²) in [5, 5.41) is 4.04. The Morgan fingerprint density at radius 2 is 2.13 bits per heavy atom. The molecule has 0 fully saturated rings. The van der Waals surface area contributed by atoms with Crippen molar-refractivity contribution >= 4 is 34.1 Å². The topological polar surface area (TPSA) is 83.8 Å². The number of rotatable bonds is 5. The summed E-state index contributed by atoms with van der Waals surface area (Å²) in [5.74, 6) is 0.328. The molecule has 0 aliphatic rings. The zero-order valence-corrected chi connectivity index (χ0v) is 16.7. The van der Waals surface area contributed by atoms with Crippen LogP contribution in [0.4, 0.5) is 10.2 Å². The molecule has 5 aromatic rings. The van der Waals surface area contributed by atoms with Gasteiger partial charge in [-0.25, -0.2) is 24.3 Å². The molecule has 0 aliphatic heterocycles. The first kappa shape index (κ1) is 18.5. The maximum absolute atomic E-state index is 14.1. The first-order valence-corrected chi connectivity index (χ1v) is 9.84. The third-order valence-electron chi connectivity index (χ3n) is 5.10. The van der Waals surface area contributed by atoms with Gasteiger partial charge in [-0.05, 0) is 24.6 Å². The summed E-state index contributed by atoms with van der Waals surface area (Å²) in [4.78, 5) is 20.0. The predicted octanol–water partition coefficient (Wildman–Crippen LogP) is 5.02. The number of hydrogen-bond donors (Lipinski definition) is 2. The van der Waals surface area contributed by atoms with Crippen LogP contribution in [0.25, 0.3) is 27.9 Å². The quantitative estimate of drug-likeness (QED) is 0.416. The highest BCUT2D eigenvalue weighted by molar-refractivity contribution is 6.34. The van der Waals surface area contributed by atoms with Crippen molar-refractivity contribution in [1.82, 2.24) is 29.3 Å². The van der Waals surface area contributed by atoms with Crippen LogP contribution >= 0.6 is 11.6 Å². The van der Waals surface area contributed by atoms with Gasteiger partial charge in [-0.15, -0.1) is 0 Å². The SMILES string of the molecule is CCC(Nc1ncnc2nc[nH]c12)c1cc(Cl)c2cncn2c1-c1cccc(F)c1. The Bertz CT molecular complexity index is 1360. The Hall–Kier alpha value is -3.52. The molecular weight excluding hydrogens is 405 g/mol. The number of aromatic nitrogens is 6. The lowest BCUT2D eigenvalue weighted by Crippen LogP contribution is -2.14. The third-order valence-corrected chi connectivity index (χ3v) is 5.40. The molecule has 4 aromatic heterocycles. The van der Waals surface area contributed by atoms with Crippen LogP contribution < -0.4 is 5.32 Å². The fourth-order valence-electron chi connectivity index (χ4n) is 3.71. The Morgan fingerprint density at radius 1 is 1.23 bits per heavy atom. The van der Waals surface area contributed by atoms with E-state index in [4.69, 9.17) is 11.6 Å². The summed E-state index contributed by atoms with van der Waals surface area (Å²) >= 11 is 6.57. The Kier molecular flexibility index (Phi) is 4.55. The van der Waals surface area contributed by atoms with Gasteiger partial charge in [0.2, 0.25) is 0 Å². The highest BCUT2D eigenvalue weighted by Gasteiger charge is 2.21. The summed E-state index contributed by atoms with van der Waals surface area (Å²) in [6.07, 6.45) is 7.17. The second-order valence-corrected chi connectivity index (χ2v) is 7.29. The molecule has 0 bridgehead atoms. The molecule has 0 saturated heterocycles. The molecule has 150 valence electrons. The molecule has 0 saturated carbocycles. The highest BCUT2D eigenvalue weighted by atomic mass is 35.5. The molecule has 7 nitrogen and oxygen atoms in total. The minimum absolute atomic E-state index is 0.158. The lowest BCUT2D eigenvalue weighted by Gasteiger charge is -2.23. The minimum Gasteiger partial charge on any atom is -0.361 e. The van der Waals surface area contributed by atoms with Crippen LogP contribution in [0.3, 0.4) is 0 Å². The molecule has 1 atom stereocenters. The van der Waals surface area contributed by atoms with E-state index in [1.54, 1.807) is 24.9 Å². The minimum atomic E-state index is -0.308. The number of fused-ring (bicyclic) bond motifs is 2. The van der Waals surface area contributed by atoms with E-state index in [2.05, 4.69) is 37.2 Å². The van der Waals surface area contributed by atoms with Gasteiger partial charge in [0.25, 0.3) is 0 Å². The maximum atomic E-state index is 14.1. The van der Waals surface area contributed by atoms with Crippen molar-refractivity contribution in [2.24, 2.45) is 0 Å². The molecule has 0 spiro atoms. The van der Waals surface area contributed by atoms with E-state index in [9.17, 15) is 4.39 Å². The fourth-order valence-corrected chi connectivity index (χ4v) is 3.97. The van der Waals surface area contributed by atoms with E-state index in [1.165, 1.54) is 18.5 Å². The van der Waals surface area contributed by atoms with E-state index in [1.807, 2.05) is 16.5 Å². The average molecular weight is 422 g/mol. The smallest absolute Gasteiger partial charge is 0.182 e. The van der Waals surface area contributed by atoms with Crippen LogP contribution in [0.2, 0.25) is 5.02 Å². The van der Waals surface area contributed by atoms with Crippen molar-refractivity contribution in [1.29, 1.82) is 0 Å². The summed E-state index contributed by atoms with van der Waals surface area (Å²) < 4.78 is 16.0. The van der Waals surface area contributed by atoms with Gasteiger partial charge in [-0.2, -0.15) is 0 Å². The number of anilines is 1. The van der Waals surface area contributed by atoms with Gasteiger partial charge in [0.05, 0.1) is 41.1 Å². The van der Waals surface area contributed by atoms with Crippen LogP contribution in [-0.4, -0.2) is 29.3 Å². The molecule has 9 heteroatoms. The lowest BCUT2D eigenvalue weighted by molar-refractivity contribution is 0.628. The van der Waals surface area contributed by atoms with E-state index >= 15 is 0 Å². The number of pyridine rings is 1. The molecule has 0 aliphatic carbocycles. The van der Waals surface area contributed by atoms with Crippen molar-refractivity contribution < 1.29 is 4.39 Å². The van der Waals surface area contributed by atoms with Crippen molar-refractivity contribution in [3.05, 3.63) is 71.9 Å². The monoisotopic (exact) mass is 421 g/mol. The third kappa shape index (κ3) is 3.05. The maximum Gasteiger partial charge on any atom is 0.182 e. The number of aromatic amines is 1. The molecule has 0 radical (unpaired) electrons. The molecule has 1 unspecified atom stereocenters. The Balaban J connectivity index is 1.70. The molecule has 5 rings (SSSR count). The molecule has 0 amide bonds. The lowest BCUT2D eigenvalue weighted by atomic mass is 9.97.